The molecule has 3 nitrogen and oxygen atoms in total. The predicted octanol–water partition coefficient (Wildman–Crippen LogP) is 7.91. The van der Waals surface area contributed by atoms with E-state index in [1.807, 2.05) is 13.8 Å². The minimum Gasteiger partial charge on any atom is -0.455 e. The van der Waals surface area contributed by atoms with Crippen molar-refractivity contribution in [3.8, 4) is 22.8 Å². The van der Waals surface area contributed by atoms with Crippen molar-refractivity contribution in [2.24, 2.45) is 7.05 Å². The average molecular weight is 458 g/mol. The molecule has 0 N–H and O–H groups in total. The van der Waals surface area contributed by atoms with Gasteiger partial charge in [-0.3, -0.25) is 0 Å². The minimum atomic E-state index is -0.414. The lowest BCUT2D eigenvalue weighted by atomic mass is 9.87. The molecule has 1 aromatic heterocycles. The van der Waals surface area contributed by atoms with Gasteiger partial charge in [0, 0.05) is 30.9 Å². The van der Waals surface area contributed by atoms with Crippen LogP contribution in [0.1, 0.15) is 36.1 Å². The third-order valence-electron chi connectivity index (χ3n) is 7.58. The van der Waals surface area contributed by atoms with Crippen LogP contribution in [0.4, 0.5) is 0 Å². The van der Waals surface area contributed by atoms with Crippen LogP contribution in [0, 0.1) is 27.3 Å². The van der Waals surface area contributed by atoms with Crippen LogP contribution in [-0.4, -0.2) is 5.54 Å². The van der Waals surface area contributed by atoms with Crippen molar-refractivity contribution in [2.45, 2.75) is 46.6 Å². The van der Waals surface area contributed by atoms with E-state index in [1.165, 1.54) is 55.1 Å². The summed E-state index contributed by atoms with van der Waals surface area (Å²) in [5, 5.41) is 7.26. The second-order valence-corrected chi connectivity index (χ2v) is 10.7. The normalized spacial score (nSPS) is 12.6. The summed E-state index contributed by atoms with van der Waals surface area (Å²) in [7, 11) is 2.13. The standard InChI is InChI=1S/C32H29N2O/c1-18-8-11-23-20(3)31-28(19(2)25(23)14-18)30-29-24(12-13-34(30)7)26-15-21(17-32(4,5)33-6)9-10-22(26)16-27(29)35-31/h8-16H,17H2,1-5,7H3/q+1. The van der Waals surface area contributed by atoms with Crippen LogP contribution in [0.15, 0.2) is 54.7 Å². The van der Waals surface area contributed by atoms with Crippen LogP contribution < -0.4 is 9.30 Å². The van der Waals surface area contributed by atoms with Gasteiger partial charge in [0.1, 0.15) is 18.5 Å². The molecule has 2 heterocycles. The Morgan fingerprint density at radius 3 is 2.46 bits per heavy atom. The molecule has 0 saturated carbocycles. The van der Waals surface area contributed by atoms with Gasteiger partial charge in [-0.25, -0.2) is 11.1 Å². The summed E-state index contributed by atoms with van der Waals surface area (Å²) >= 11 is 0. The highest BCUT2D eigenvalue weighted by molar-refractivity contribution is 6.16. The van der Waals surface area contributed by atoms with Crippen molar-refractivity contribution < 1.29 is 9.30 Å². The first kappa shape index (κ1) is 21.6. The minimum absolute atomic E-state index is 0.414. The van der Waals surface area contributed by atoms with Crippen LogP contribution >= 0.6 is 0 Å². The number of rotatable bonds is 2. The molecule has 0 saturated heterocycles. The lowest BCUT2D eigenvalue weighted by molar-refractivity contribution is -0.659. The number of fused-ring (bicyclic) bond motifs is 5. The number of aromatic nitrogens is 1. The summed E-state index contributed by atoms with van der Waals surface area (Å²) in [6.07, 6.45) is 2.90. The maximum atomic E-state index is 7.54. The molecule has 0 radical (unpaired) electrons. The van der Waals surface area contributed by atoms with E-state index in [9.17, 15) is 0 Å². The van der Waals surface area contributed by atoms with Crippen molar-refractivity contribution in [2.75, 3.05) is 0 Å². The average Bonchev–Trinajstić information content (AvgIpc) is 2.83. The molecule has 0 spiro atoms. The summed E-state index contributed by atoms with van der Waals surface area (Å²) in [6, 6.07) is 17.7. The Balaban J connectivity index is 1.71. The lowest BCUT2D eigenvalue weighted by Crippen LogP contribution is -2.32. The van der Waals surface area contributed by atoms with E-state index < -0.39 is 5.54 Å². The Bertz CT molecular complexity index is 1770. The van der Waals surface area contributed by atoms with Crippen LogP contribution in [0.2, 0.25) is 0 Å². The van der Waals surface area contributed by atoms with Crippen molar-refractivity contribution in [1.29, 1.82) is 0 Å². The van der Waals surface area contributed by atoms with Crippen molar-refractivity contribution in [1.82, 2.24) is 0 Å². The largest absolute Gasteiger partial charge is 0.455 e. The van der Waals surface area contributed by atoms with Crippen LogP contribution in [0.25, 0.3) is 48.4 Å². The number of benzene rings is 4. The molecular formula is C32H29N2O+. The molecular weight excluding hydrogens is 428 g/mol. The highest BCUT2D eigenvalue weighted by Gasteiger charge is 2.32. The molecule has 172 valence electrons. The fourth-order valence-electron chi connectivity index (χ4n) is 5.76. The summed E-state index contributed by atoms with van der Waals surface area (Å²) in [4.78, 5) is 3.82. The van der Waals surface area contributed by atoms with Crippen molar-refractivity contribution >= 4 is 32.3 Å². The zero-order valence-corrected chi connectivity index (χ0v) is 21.2. The van der Waals surface area contributed by atoms with E-state index >= 15 is 0 Å². The summed E-state index contributed by atoms with van der Waals surface area (Å²) in [6.45, 7) is 18.1. The van der Waals surface area contributed by atoms with Gasteiger partial charge in [-0.15, -0.1) is 0 Å². The molecule has 4 aromatic carbocycles. The zero-order chi connectivity index (χ0) is 24.6. The van der Waals surface area contributed by atoms with Crippen LogP contribution in [0.3, 0.4) is 0 Å². The molecule has 0 bridgehead atoms. The van der Waals surface area contributed by atoms with Gasteiger partial charge in [0.25, 0.3) is 0 Å². The monoisotopic (exact) mass is 457 g/mol. The molecule has 0 aliphatic carbocycles. The summed E-state index contributed by atoms with van der Waals surface area (Å²) < 4.78 is 8.97. The van der Waals surface area contributed by atoms with Gasteiger partial charge < -0.3 is 9.58 Å². The summed E-state index contributed by atoms with van der Waals surface area (Å²) in [5.74, 6) is 1.87. The van der Waals surface area contributed by atoms with Gasteiger partial charge in [0.05, 0.1) is 17.4 Å². The Hall–Kier alpha value is -3.90. The molecule has 0 unspecified atom stereocenters. The van der Waals surface area contributed by atoms with Gasteiger partial charge in [0.2, 0.25) is 11.2 Å². The quantitative estimate of drug-likeness (QED) is 0.147. The first-order valence-corrected chi connectivity index (χ1v) is 12.2. The smallest absolute Gasteiger partial charge is 0.231 e. The SMILES string of the molecule is [C-]#[N+]C(C)(C)Cc1ccc2cc3c4c([n+](C)ccc4c2c1)-c1c(c(C)c2ccc(C)cc2c1C)O3. The van der Waals surface area contributed by atoms with Gasteiger partial charge in [-0.05, 0) is 59.5 Å². The fourth-order valence-corrected chi connectivity index (χ4v) is 5.76. The molecule has 0 fully saturated rings. The van der Waals surface area contributed by atoms with Gasteiger partial charge in [0.15, 0.2) is 6.20 Å². The molecule has 0 atom stereocenters. The second-order valence-electron chi connectivity index (χ2n) is 10.7. The number of hydrogen-bond donors (Lipinski definition) is 0. The summed E-state index contributed by atoms with van der Waals surface area (Å²) in [5.41, 5.74) is 6.87. The van der Waals surface area contributed by atoms with E-state index in [0.717, 1.165) is 28.7 Å². The Morgan fingerprint density at radius 2 is 1.69 bits per heavy atom. The van der Waals surface area contributed by atoms with E-state index in [4.69, 9.17) is 11.3 Å². The maximum absolute atomic E-state index is 7.54. The second kappa shape index (κ2) is 7.30. The number of pyridine rings is 1. The first-order valence-electron chi connectivity index (χ1n) is 12.2. The molecule has 1 aliphatic heterocycles. The van der Waals surface area contributed by atoms with Gasteiger partial charge in [-0.2, -0.15) is 0 Å². The van der Waals surface area contributed by atoms with E-state index in [1.54, 1.807) is 0 Å². The number of ether oxygens (including phenoxy) is 1. The Labute approximate surface area is 206 Å². The third-order valence-corrected chi connectivity index (χ3v) is 7.58. The zero-order valence-electron chi connectivity index (χ0n) is 21.2. The van der Waals surface area contributed by atoms with Crippen molar-refractivity contribution in [3.05, 3.63) is 88.4 Å². The topological polar surface area (TPSA) is 17.5 Å². The molecule has 6 rings (SSSR count). The molecule has 5 aromatic rings. The Kier molecular flexibility index (Phi) is 4.51. The lowest BCUT2D eigenvalue weighted by Gasteiger charge is -2.25. The van der Waals surface area contributed by atoms with Crippen LogP contribution in [0.5, 0.6) is 11.5 Å². The molecule has 0 amide bonds. The van der Waals surface area contributed by atoms with Crippen molar-refractivity contribution in [3.63, 3.8) is 0 Å². The molecule has 3 heteroatoms. The van der Waals surface area contributed by atoms with E-state index in [-0.39, 0.29) is 0 Å². The predicted molar refractivity (Wildman–Crippen MR) is 144 cm³/mol. The van der Waals surface area contributed by atoms with Gasteiger partial charge in [-0.1, -0.05) is 42.0 Å². The number of hydrogen-bond acceptors (Lipinski definition) is 1. The fraction of sp³-hybridized carbons (Fsp3) is 0.250. The number of aryl methyl sites for hydroxylation is 4. The maximum Gasteiger partial charge on any atom is 0.231 e. The molecule has 35 heavy (non-hydrogen) atoms. The Morgan fingerprint density at radius 1 is 0.886 bits per heavy atom. The van der Waals surface area contributed by atoms with E-state index in [2.05, 4.69) is 92.0 Å². The third kappa shape index (κ3) is 3.13. The number of nitrogens with zero attached hydrogens (tertiary/aromatic N) is 2. The highest BCUT2D eigenvalue weighted by atomic mass is 16.5. The van der Waals surface area contributed by atoms with Gasteiger partial charge >= 0.3 is 0 Å². The highest BCUT2D eigenvalue weighted by Crippen LogP contribution is 2.51. The first-order chi connectivity index (χ1) is 16.7. The van der Waals surface area contributed by atoms with E-state index in [0.29, 0.717) is 0 Å². The molecule has 1 aliphatic rings. The van der Waals surface area contributed by atoms with Crippen LogP contribution in [-0.2, 0) is 13.5 Å².